The molecule has 2 aromatic carbocycles. The van der Waals surface area contributed by atoms with Crippen molar-refractivity contribution in [1.29, 1.82) is 0 Å². The van der Waals surface area contributed by atoms with Gasteiger partial charge in [-0.2, -0.15) is 0 Å². The molecule has 3 heteroatoms. The highest BCUT2D eigenvalue weighted by molar-refractivity contribution is 9.15. The van der Waals surface area contributed by atoms with Crippen LogP contribution in [0.2, 0.25) is 0 Å². The van der Waals surface area contributed by atoms with Gasteiger partial charge in [0.15, 0.2) is 0 Å². The molecule has 0 spiro atoms. The first kappa shape index (κ1) is 14.2. The van der Waals surface area contributed by atoms with Crippen LogP contribution in [0.1, 0.15) is 23.1 Å². The minimum atomic E-state index is 0.890. The van der Waals surface area contributed by atoms with Crippen LogP contribution in [0.25, 0.3) is 10.1 Å². The smallest absolute Gasteiger partial charge is 0.119 e. The van der Waals surface area contributed by atoms with E-state index in [0.717, 1.165) is 24.3 Å². The lowest BCUT2D eigenvalue weighted by atomic mass is 9.88. The van der Waals surface area contributed by atoms with Gasteiger partial charge in [0, 0.05) is 4.48 Å². The molecule has 0 aliphatic heterocycles. The number of allylic oxidation sites excluding steroid dienone is 1. The van der Waals surface area contributed by atoms with Crippen LogP contribution in [0.5, 0.6) is 11.5 Å². The van der Waals surface area contributed by atoms with Crippen LogP contribution in [-0.4, -0.2) is 14.2 Å². The first-order valence-corrected chi connectivity index (χ1v) is 7.72. The summed E-state index contributed by atoms with van der Waals surface area (Å²) >= 11 is 3.78. The van der Waals surface area contributed by atoms with E-state index in [9.17, 15) is 0 Å². The average Bonchev–Trinajstić information content (AvgIpc) is 2.55. The van der Waals surface area contributed by atoms with Gasteiger partial charge in [-0.05, 0) is 81.4 Å². The molecule has 0 radical (unpaired) electrons. The monoisotopic (exact) mass is 344 g/mol. The van der Waals surface area contributed by atoms with E-state index in [1.54, 1.807) is 14.2 Å². The maximum Gasteiger partial charge on any atom is 0.119 e. The summed E-state index contributed by atoms with van der Waals surface area (Å²) in [6.07, 6.45) is 2.03. The molecule has 0 atom stereocenters. The summed E-state index contributed by atoms with van der Waals surface area (Å²) < 4.78 is 11.8. The van der Waals surface area contributed by atoms with E-state index in [0.29, 0.717) is 0 Å². The molecule has 2 nitrogen and oxygen atoms in total. The molecule has 0 saturated heterocycles. The molecule has 2 aromatic rings. The van der Waals surface area contributed by atoms with Gasteiger partial charge in [-0.25, -0.2) is 0 Å². The van der Waals surface area contributed by atoms with Gasteiger partial charge in [-0.1, -0.05) is 12.1 Å². The van der Waals surface area contributed by atoms with Gasteiger partial charge < -0.3 is 9.47 Å². The van der Waals surface area contributed by atoms with Crippen LogP contribution < -0.4 is 9.47 Å². The minimum absolute atomic E-state index is 0.890. The summed E-state index contributed by atoms with van der Waals surface area (Å²) in [5.41, 5.74) is 5.11. The quantitative estimate of drug-likeness (QED) is 0.787. The van der Waals surface area contributed by atoms with E-state index >= 15 is 0 Å². The molecule has 1 aliphatic rings. The first-order chi connectivity index (χ1) is 10.2. The van der Waals surface area contributed by atoms with Crippen LogP contribution in [-0.2, 0) is 6.42 Å². The summed E-state index contributed by atoms with van der Waals surface area (Å²) in [6.45, 7) is 0. The van der Waals surface area contributed by atoms with Crippen LogP contribution in [0.3, 0.4) is 0 Å². The van der Waals surface area contributed by atoms with Crippen LogP contribution >= 0.6 is 15.9 Å². The highest BCUT2D eigenvalue weighted by Crippen LogP contribution is 2.41. The molecule has 3 rings (SSSR count). The third kappa shape index (κ3) is 2.70. The number of fused-ring (bicyclic) bond motifs is 1. The fraction of sp³-hybridized carbons (Fsp3) is 0.222. The Bertz CT molecular complexity index is 704. The summed E-state index contributed by atoms with van der Waals surface area (Å²) in [7, 11) is 3.40. The number of rotatable bonds is 3. The first-order valence-electron chi connectivity index (χ1n) is 6.93. The summed E-state index contributed by atoms with van der Waals surface area (Å²) in [5, 5.41) is 0. The maximum atomic E-state index is 5.33. The lowest BCUT2D eigenvalue weighted by Gasteiger charge is -2.21. The molecule has 0 fully saturated rings. The van der Waals surface area contributed by atoms with E-state index in [4.69, 9.17) is 9.47 Å². The van der Waals surface area contributed by atoms with Gasteiger partial charge >= 0.3 is 0 Å². The van der Waals surface area contributed by atoms with Crippen molar-refractivity contribution in [1.82, 2.24) is 0 Å². The van der Waals surface area contributed by atoms with Crippen molar-refractivity contribution in [2.24, 2.45) is 0 Å². The zero-order valence-corrected chi connectivity index (χ0v) is 13.7. The maximum absolute atomic E-state index is 5.33. The number of halogens is 1. The molecule has 0 bridgehead atoms. The van der Waals surface area contributed by atoms with E-state index in [1.807, 2.05) is 18.2 Å². The Labute approximate surface area is 133 Å². The molecule has 21 heavy (non-hydrogen) atoms. The van der Waals surface area contributed by atoms with Gasteiger partial charge in [0.1, 0.15) is 11.5 Å². The molecular weight excluding hydrogens is 328 g/mol. The molecule has 0 amide bonds. The van der Waals surface area contributed by atoms with Gasteiger partial charge in [-0.3, -0.25) is 0 Å². The fourth-order valence-corrected chi connectivity index (χ4v) is 3.55. The highest BCUT2D eigenvalue weighted by atomic mass is 79.9. The number of hydrogen-bond acceptors (Lipinski definition) is 2. The molecular formula is C18H17BrO2. The van der Waals surface area contributed by atoms with E-state index < -0.39 is 0 Å². The lowest BCUT2D eigenvalue weighted by Crippen LogP contribution is -2.02. The van der Waals surface area contributed by atoms with Crippen LogP contribution in [0.15, 0.2) is 42.5 Å². The van der Waals surface area contributed by atoms with Gasteiger partial charge in [0.25, 0.3) is 0 Å². The summed E-state index contributed by atoms with van der Waals surface area (Å²) in [5.74, 6) is 1.81. The van der Waals surface area contributed by atoms with E-state index in [-0.39, 0.29) is 0 Å². The molecule has 0 unspecified atom stereocenters. The third-order valence-corrected chi connectivity index (χ3v) is 4.78. The summed E-state index contributed by atoms with van der Waals surface area (Å²) in [6, 6.07) is 14.5. The highest BCUT2D eigenvalue weighted by Gasteiger charge is 2.19. The molecule has 0 saturated carbocycles. The lowest BCUT2D eigenvalue weighted by molar-refractivity contribution is 0.414. The molecule has 108 valence electrons. The predicted octanol–water partition coefficient (Wildman–Crippen LogP) is 4.91. The number of hydrogen-bond donors (Lipinski definition) is 0. The molecule has 0 N–H and O–H groups in total. The molecule has 0 heterocycles. The Morgan fingerprint density at radius 1 is 0.905 bits per heavy atom. The number of methoxy groups -OCH3 is 2. The summed E-state index contributed by atoms with van der Waals surface area (Å²) in [4.78, 5) is 0. The van der Waals surface area contributed by atoms with Gasteiger partial charge in [-0.15, -0.1) is 0 Å². The second kappa shape index (κ2) is 5.94. The van der Waals surface area contributed by atoms with Crippen LogP contribution in [0.4, 0.5) is 0 Å². The number of benzene rings is 2. The zero-order chi connectivity index (χ0) is 14.8. The topological polar surface area (TPSA) is 18.5 Å². The zero-order valence-electron chi connectivity index (χ0n) is 12.2. The SMILES string of the molecule is COc1cccc(C2=C(Br)c3ccc(OC)cc3CC2)c1. The Morgan fingerprint density at radius 2 is 1.67 bits per heavy atom. The van der Waals surface area contributed by atoms with Crippen molar-refractivity contribution < 1.29 is 9.47 Å². The van der Waals surface area contributed by atoms with Gasteiger partial charge in [0.05, 0.1) is 14.2 Å². The Balaban J connectivity index is 2.06. The molecule has 0 aromatic heterocycles. The largest absolute Gasteiger partial charge is 0.497 e. The Kier molecular flexibility index (Phi) is 4.02. The van der Waals surface area contributed by atoms with Gasteiger partial charge in [0.2, 0.25) is 0 Å². The van der Waals surface area contributed by atoms with Crippen molar-refractivity contribution in [3.05, 3.63) is 59.2 Å². The van der Waals surface area contributed by atoms with Crippen molar-refractivity contribution in [2.45, 2.75) is 12.8 Å². The number of aryl methyl sites for hydroxylation is 1. The molecule has 1 aliphatic carbocycles. The Hall–Kier alpha value is -1.74. The number of ether oxygens (including phenoxy) is 2. The van der Waals surface area contributed by atoms with Crippen molar-refractivity contribution in [2.75, 3.05) is 14.2 Å². The predicted molar refractivity (Wildman–Crippen MR) is 90.1 cm³/mol. The van der Waals surface area contributed by atoms with Crippen LogP contribution in [0, 0.1) is 0 Å². The Morgan fingerprint density at radius 3 is 2.43 bits per heavy atom. The van der Waals surface area contributed by atoms with Crippen molar-refractivity contribution in [3.8, 4) is 11.5 Å². The van der Waals surface area contributed by atoms with Crippen molar-refractivity contribution >= 4 is 26.0 Å². The second-order valence-electron chi connectivity index (χ2n) is 5.05. The minimum Gasteiger partial charge on any atom is -0.497 e. The standard InChI is InChI=1S/C18H17BrO2/c1-20-14-5-3-4-12(10-14)16-8-6-13-11-15(21-2)7-9-17(13)18(16)19/h3-5,7,9-11H,6,8H2,1-2H3. The average molecular weight is 345 g/mol. The normalized spacial score (nSPS) is 13.9. The van der Waals surface area contributed by atoms with Crippen molar-refractivity contribution in [3.63, 3.8) is 0 Å². The second-order valence-corrected chi connectivity index (χ2v) is 5.84. The van der Waals surface area contributed by atoms with E-state index in [1.165, 1.54) is 26.7 Å². The third-order valence-electron chi connectivity index (χ3n) is 3.88. The fourth-order valence-electron chi connectivity index (χ4n) is 2.73. The van der Waals surface area contributed by atoms with E-state index in [2.05, 4.69) is 40.2 Å².